The van der Waals surface area contributed by atoms with Crippen molar-refractivity contribution in [1.29, 1.82) is 10.5 Å². The van der Waals surface area contributed by atoms with E-state index in [9.17, 15) is 5.26 Å². The van der Waals surface area contributed by atoms with Crippen LogP contribution in [0.4, 0.5) is 5.95 Å². The Morgan fingerprint density at radius 3 is 2.65 bits per heavy atom. The summed E-state index contributed by atoms with van der Waals surface area (Å²) in [5.74, 6) is -0.107. The van der Waals surface area contributed by atoms with Crippen LogP contribution in [-0.2, 0) is 6.42 Å². The van der Waals surface area contributed by atoms with Crippen LogP contribution in [0.1, 0.15) is 27.7 Å². The Morgan fingerprint density at radius 1 is 1.03 bits per heavy atom. The molecule has 0 aliphatic rings. The van der Waals surface area contributed by atoms with Crippen LogP contribution in [0.25, 0.3) is 11.3 Å². The van der Waals surface area contributed by atoms with Crippen molar-refractivity contribution in [3.8, 4) is 23.4 Å². The quantitative estimate of drug-likeness (QED) is 0.475. The van der Waals surface area contributed by atoms with E-state index in [0.29, 0.717) is 28.8 Å². The van der Waals surface area contributed by atoms with E-state index in [-0.39, 0.29) is 0 Å². The average molecular weight is 424 g/mol. The van der Waals surface area contributed by atoms with Crippen molar-refractivity contribution < 1.29 is 0 Å². The fourth-order valence-corrected chi connectivity index (χ4v) is 3.88. The number of hydrogen-bond acceptors (Lipinski definition) is 8. The Hall–Kier alpha value is -4.14. The number of nitrogens with zero attached hydrogens (tertiary/aromatic N) is 6. The van der Waals surface area contributed by atoms with Crippen molar-refractivity contribution in [3.63, 3.8) is 0 Å². The fourth-order valence-electron chi connectivity index (χ4n) is 3.00. The van der Waals surface area contributed by atoms with E-state index in [1.54, 1.807) is 30.6 Å². The topological polar surface area (TPSA) is 111 Å². The molecule has 1 aromatic carbocycles. The summed E-state index contributed by atoms with van der Waals surface area (Å²) < 4.78 is 0. The highest BCUT2D eigenvalue weighted by atomic mass is 32.1. The first-order valence-corrected chi connectivity index (χ1v) is 10.5. The summed E-state index contributed by atoms with van der Waals surface area (Å²) in [4.78, 5) is 17.5. The third-order valence-corrected chi connectivity index (χ3v) is 5.51. The highest BCUT2D eigenvalue weighted by molar-refractivity contribution is 7.10. The highest BCUT2D eigenvalue weighted by Crippen LogP contribution is 2.30. The summed E-state index contributed by atoms with van der Waals surface area (Å²) >= 11 is 1.42. The number of aromatic nitrogens is 4. The van der Waals surface area contributed by atoms with E-state index in [1.165, 1.54) is 11.3 Å². The minimum Gasteiger partial charge on any atom is -0.354 e. The molecule has 31 heavy (non-hydrogen) atoms. The monoisotopic (exact) mass is 423 g/mol. The van der Waals surface area contributed by atoms with Crippen molar-refractivity contribution >= 4 is 17.3 Å². The number of anilines is 1. The van der Waals surface area contributed by atoms with Crippen molar-refractivity contribution in [2.24, 2.45) is 0 Å². The Kier molecular flexibility index (Phi) is 6.22. The number of benzene rings is 1. The van der Waals surface area contributed by atoms with Gasteiger partial charge in [-0.2, -0.15) is 10.5 Å². The number of pyridine rings is 1. The molecule has 3 aromatic heterocycles. The lowest BCUT2D eigenvalue weighted by Gasteiger charge is -2.09. The van der Waals surface area contributed by atoms with Gasteiger partial charge in [0.2, 0.25) is 5.95 Å². The number of nitrogens with one attached hydrogen (secondary N) is 1. The van der Waals surface area contributed by atoms with Gasteiger partial charge in [-0.25, -0.2) is 15.0 Å². The van der Waals surface area contributed by atoms with E-state index in [4.69, 9.17) is 5.26 Å². The van der Waals surface area contributed by atoms with Gasteiger partial charge in [0.1, 0.15) is 10.9 Å². The van der Waals surface area contributed by atoms with Gasteiger partial charge < -0.3 is 5.32 Å². The molecule has 0 fully saturated rings. The van der Waals surface area contributed by atoms with Gasteiger partial charge in [-0.15, -0.1) is 11.3 Å². The zero-order chi connectivity index (χ0) is 21.5. The van der Waals surface area contributed by atoms with E-state index in [1.807, 2.05) is 35.8 Å². The molecular weight excluding hydrogens is 406 g/mol. The molecule has 0 spiro atoms. The second-order valence-electron chi connectivity index (χ2n) is 6.67. The summed E-state index contributed by atoms with van der Waals surface area (Å²) in [5, 5.41) is 24.5. The summed E-state index contributed by atoms with van der Waals surface area (Å²) in [6.07, 6.45) is 6.02. The Labute approximate surface area is 183 Å². The average Bonchev–Trinajstić information content (AvgIpc) is 3.30. The molecule has 0 saturated heterocycles. The lowest BCUT2D eigenvalue weighted by atomic mass is 10.1. The molecule has 1 unspecified atom stereocenters. The Morgan fingerprint density at radius 2 is 1.90 bits per heavy atom. The number of rotatable bonds is 7. The maximum atomic E-state index is 9.79. The van der Waals surface area contributed by atoms with Gasteiger partial charge in [0.05, 0.1) is 29.1 Å². The second-order valence-corrected chi connectivity index (χ2v) is 7.56. The Bertz CT molecular complexity index is 1240. The molecular formula is C23H17N7S. The first-order chi connectivity index (χ1) is 15.3. The van der Waals surface area contributed by atoms with Gasteiger partial charge in [-0.05, 0) is 36.2 Å². The van der Waals surface area contributed by atoms with Crippen LogP contribution in [0.15, 0.2) is 66.4 Å². The smallest absolute Gasteiger partial charge is 0.222 e. The summed E-state index contributed by atoms with van der Waals surface area (Å²) in [6, 6.07) is 17.3. The third-order valence-electron chi connectivity index (χ3n) is 4.60. The first-order valence-electron chi connectivity index (χ1n) is 9.58. The molecule has 4 rings (SSSR count). The Balaban J connectivity index is 1.48. The van der Waals surface area contributed by atoms with Crippen LogP contribution in [0, 0.1) is 22.7 Å². The third kappa shape index (κ3) is 4.89. The summed E-state index contributed by atoms with van der Waals surface area (Å²) in [5.41, 5.74) is 3.99. The lowest BCUT2D eigenvalue weighted by molar-refractivity contribution is 0.913. The van der Waals surface area contributed by atoms with Crippen LogP contribution in [0.3, 0.4) is 0 Å². The zero-order valence-electron chi connectivity index (χ0n) is 16.4. The van der Waals surface area contributed by atoms with Crippen molar-refractivity contribution in [1.82, 2.24) is 19.9 Å². The first kappa shape index (κ1) is 20.1. The van der Waals surface area contributed by atoms with Gasteiger partial charge in [0.15, 0.2) is 0 Å². The normalized spacial score (nSPS) is 11.3. The largest absolute Gasteiger partial charge is 0.354 e. The molecule has 8 heteroatoms. The van der Waals surface area contributed by atoms with Gasteiger partial charge in [0, 0.05) is 36.1 Å². The maximum absolute atomic E-state index is 9.79. The molecule has 7 nitrogen and oxygen atoms in total. The van der Waals surface area contributed by atoms with E-state index < -0.39 is 5.92 Å². The van der Waals surface area contributed by atoms with Crippen LogP contribution >= 0.6 is 11.3 Å². The second kappa shape index (κ2) is 9.57. The van der Waals surface area contributed by atoms with E-state index in [0.717, 1.165) is 23.2 Å². The standard InChI is InChI=1S/C23H17N7S/c24-12-16-3-5-18(6-4-16)21-15-31-22(29-21)19(13-25)20-8-11-28-23(30-20)27-10-7-17-2-1-9-26-14-17/h1-6,8-9,11,14-15,19H,7,10H2,(H,27,28,30). The molecule has 3 heterocycles. The van der Waals surface area contributed by atoms with E-state index in [2.05, 4.69) is 37.4 Å². The molecule has 4 aromatic rings. The van der Waals surface area contributed by atoms with Crippen molar-refractivity contribution in [2.75, 3.05) is 11.9 Å². The summed E-state index contributed by atoms with van der Waals surface area (Å²) in [6.45, 7) is 0.659. The summed E-state index contributed by atoms with van der Waals surface area (Å²) in [7, 11) is 0. The molecule has 0 aliphatic carbocycles. The van der Waals surface area contributed by atoms with Crippen molar-refractivity contribution in [3.05, 3.63) is 88.3 Å². The van der Waals surface area contributed by atoms with Gasteiger partial charge in [-0.1, -0.05) is 18.2 Å². The van der Waals surface area contributed by atoms with Gasteiger partial charge in [0.25, 0.3) is 0 Å². The molecule has 0 bridgehead atoms. The molecule has 0 radical (unpaired) electrons. The molecule has 0 saturated carbocycles. The lowest BCUT2D eigenvalue weighted by Crippen LogP contribution is -2.10. The van der Waals surface area contributed by atoms with Crippen LogP contribution < -0.4 is 5.32 Å². The molecule has 150 valence electrons. The SMILES string of the molecule is N#Cc1ccc(-c2csc(C(C#N)c3ccnc(NCCc4cccnc4)n3)n2)cc1. The molecule has 1 N–H and O–H groups in total. The zero-order valence-corrected chi connectivity index (χ0v) is 17.3. The molecule has 0 amide bonds. The highest BCUT2D eigenvalue weighted by Gasteiger charge is 2.20. The fraction of sp³-hybridized carbons (Fsp3) is 0.130. The number of nitriles is 2. The van der Waals surface area contributed by atoms with Crippen LogP contribution in [0.5, 0.6) is 0 Å². The predicted octanol–water partition coefficient (Wildman–Crippen LogP) is 4.18. The van der Waals surface area contributed by atoms with Crippen molar-refractivity contribution in [2.45, 2.75) is 12.3 Å². The van der Waals surface area contributed by atoms with Gasteiger partial charge >= 0.3 is 0 Å². The molecule has 0 aliphatic heterocycles. The maximum Gasteiger partial charge on any atom is 0.222 e. The predicted molar refractivity (Wildman–Crippen MR) is 118 cm³/mol. The number of hydrogen-bond donors (Lipinski definition) is 1. The minimum absolute atomic E-state index is 0.477. The molecule has 1 atom stereocenters. The number of thiazole rings is 1. The van der Waals surface area contributed by atoms with E-state index >= 15 is 0 Å². The van der Waals surface area contributed by atoms with Crippen LogP contribution in [0.2, 0.25) is 0 Å². The van der Waals surface area contributed by atoms with Gasteiger partial charge in [-0.3, -0.25) is 4.98 Å². The van der Waals surface area contributed by atoms with Crippen LogP contribution in [-0.4, -0.2) is 26.5 Å². The minimum atomic E-state index is -0.584.